The monoisotopic (exact) mass is 389 g/mol. The van der Waals surface area contributed by atoms with Gasteiger partial charge in [0, 0.05) is 10.9 Å². The van der Waals surface area contributed by atoms with Gasteiger partial charge in [0.2, 0.25) is 5.76 Å². The molecule has 0 aliphatic rings. The van der Waals surface area contributed by atoms with Crippen molar-refractivity contribution >= 4 is 34.0 Å². The lowest BCUT2D eigenvalue weighted by Crippen LogP contribution is -2.17. The van der Waals surface area contributed by atoms with Gasteiger partial charge in [-0.25, -0.2) is 4.79 Å². The SMILES string of the molecule is Cc1ccc(-c2c(C(=O)Nc3ccccc3Cl)oc(=O)c3ccccc23)cc1. The van der Waals surface area contributed by atoms with E-state index in [9.17, 15) is 9.59 Å². The molecule has 0 unspecified atom stereocenters. The molecule has 1 amide bonds. The zero-order valence-corrected chi connectivity index (χ0v) is 15.8. The molecular formula is C23H16ClNO3. The van der Waals surface area contributed by atoms with Gasteiger partial charge in [0.1, 0.15) is 0 Å². The minimum atomic E-state index is -0.559. The second kappa shape index (κ2) is 7.33. The predicted molar refractivity (Wildman–Crippen MR) is 112 cm³/mol. The molecule has 1 N–H and O–H groups in total. The van der Waals surface area contributed by atoms with E-state index < -0.39 is 11.5 Å². The molecule has 0 fully saturated rings. The Hall–Kier alpha value is -3.37. The summed E-state index contributed by atoms with van der Waals surface area (Å²) < 4.78 is 5.47. The number of carbonyl (C=O) groups is 1. The third-order valence-electron chi connectivity index (χ3n) is 4.51. The number of fused-ring (bicyclic) bond motifs is 1. The molecule has 0 atom stereocenters. The van der Waals surface area contributed by atoms with Crippen LogP contribution in [0.2, 0.25) is 5.02 Å². The van der Waals surface area contributed by atoms with E-state index in [-0.39, 0.29) is 5.76 Å². The Labute approximate surface area is 166 Å². The van der Waals surface area contributed by atoms with Crippen molar-refractivity contribution in [2.75, 3.05) is 5.32 Å². The number of hydrogen-bond acceptors (Lipinski definition) is 3. The smallest absolute Gasteiger partial charge is 0.344 e. The van der Waals surface area contributed by atoms with Crippen LogP contribution >= 0.6 is 11.6 Å². The molecule has 0 saturated heterocycles. The third kappa shape index (κ3) is 3.30. The first-order valence-electron chi connectivity index (χ1n) is 8.73. The molecule has 0 bridgehead atoms. The van der Waals surface area contributed by atoms with E-state index in [0.29, 0.717) is 27.0 Å². The molecule has 4 aromatic rings. The standard InChI is InChI=1S/C23H16ClNO3/c1-14-10-12-15(13-11-14)20-16-6-2-3-7-17(16)23(27)28-21(20)22(26)25-19-9-5-4-8-18(19)24/h2-13H,1H3,(H,25,26). The third-order valence-corrected chi connectivity index (χ3v) is 4.84. The molecular weight excluding hydrogens is 374 g/mol. The zero-order chi connectivity index (χ0) is 19.7. The molecule has 1 heterocycles. The Morgan fingerprint density at radius 2 is 1.54 bits per heavy atom. The first kappa shape index (κ1) is 18.0. The summed E-state index contributed by atoms with van der Waals surface area (Å²) in [7, 11) is 0. The van der Waals surface area contributed by atoms with Gasteiger partial charge in [-0.15, -0.1) is 0 Å². The van der Waals surface area contributed by atoms with E-state index >= 15 is 0 Å². The van der Waals surface area contributed by atoms with E-state index in [4.69, 9.17) is 16.0 Å². The quantitative estimate of drug-likeness (QED) is 0.490. The van der Waals surface area contributed by atoms with Crippen LogP contribution in [0.15, 0.2) is 82.0 Å². The van der Waals surface area contributed by atoms with Crippen molar-refractivity contribution < 1.29 is 9.21 Å². The number of benzene rings is 3. The van der Waals surface area contributed by atoms with Crippen LogP contribution in [0, 0.1) is 6.92 Å². The number of anilines is 1. The van der Waals surface area contributed by atoms with Crippen molar-refractivity contribution in [2.24, 2.45) is 0 Å². The van der Waals surface area contributed by atoms with E-state index in [0.717, 1.165) is 11.1 Å². The van der Waals surface area contributed by atoms with Gasteiger partial charge in [-0.1, -0.05) is 71.8 Å². The van der Waals surface area contributed by atoms with Gasteiger partial charge < -0.3 is 9.73 Å². The van der Waals surface area contributed by atoms with Crippen LogP contribution in [0.1, 0.15) is 16.1 Å². The first-order chi connectivity index (χ1) is 13.5. The van der Waals surface area contributed by atoms with E-state index in [1.54, 1.807) is 36.4 Å². The highest BCUT2D eigenvalue weighted by molar-refractivity contribution is 6.34. The zero-order valence-electron chi connectivity index (χ0n) is 15.0. The molecule has 4 nitrogen and oxygen atoms in total. The van der Waals surface area contributed by atoms with E-state index in [1.165, 1.54) is 0 Å². The van der Waals surface area contributed by atoms with Gasteiger partial charge >= 0.3 is 5.63 Å². The van der Waals surface area contributed by atoms with Crippen molar-refractivity contribution in [1.29, 1.82) is 0 Å². The van der Waals surface area contributed by atoms with Crippen LogP contribution < -0.4 is 10.9 Å². The average Bonchev–Trinajstić information content (AvgIpc) is 2.70. The maximum atomic E-state index is 13.0. The van der Waals surface area contributed by atoms with Gasteiger partial charge in [0.05, 0.1) is 16.1 Å². The lowest BCUT2D eigenvalue weighted by Gasteiger charge is -2.13. The van der Waals surface area contributed by atoms with E-state index in [2.05, 4.69) is 5.32 Å². The predicted octanol–water partition coefficient (Wildman–Crippen LogP) is 5.67. The van der Waals surface area contributed by atoms with E-state index in [1.807, 2.05) is 43.3 Å². The van der Waals surface area contributed by atoms with Crippen LogP contribution in [0.3, 0.4) is 0 Å². The van der Waals surface area contributed by atoms with Crippen LogP contribution in [0.4, 0.5) is 5.69 Å². The number of rotatable bonds is 3. The van der Waals surface area contributed by atoms with Crippen molar-refractivity contribution in [3.05, 3.63) is 99.6 Å². The minimum absolute atomic E-state index is 0.0486. The number of carbonyl (C=O) groups excluding carboxylic acids is 1. The Bertz CT molecular complexity index is 1240. The maximum absolute atomic E-state index is 13.0. The normalized spacial score (nSPS) is 10.8. The topological polar surface area (TPSA) is 59.3 Å². The first-order valence-corrected chi connectivity index (χ1v) is 9.11. The summed E-state index contributed by atoms with van der Waals surface area (Å²) in [6.45, 7) is 1.98. The highest BCUT2D eigenvalue weighted by Crippen LogP contribution is 2.32. The van der Waals surface area contributed by atoms with Crippen LogP contribution in [0.25, 0.3) is 21.9 Å². The molecule has 3 aromatic carbocycles. The maximum Gasteiger partial charge on any atom is 0.344 e. The summed E-state index contributed by atoms with van der Waals surface area (Å²) in [5, 5.41) is 4.22. The summed E-state index contributed by atoms with van der Waals surface area (Å²) in [4.78, 5) is 25.5. The number of halogens is 1. The number of nitrogens with one attached hydrogen (secondary N) is 1. The van der Waals surface area contributed by atoms with Crippen molar-refractivity contribution in [3.8, 4) is 11.1 Å². The van der Waals surface area contributed by atoms with Gasteiger partial charge in [-0.05, 0) is 30.7 Å². The van der Waals surface area contributed by atoms with Gasteiger partial charge in [0.15, 0.2) is 0 Å². The Kier molecular flexibility index (Phi) is 4.72. The number of aryl methyl sites for hydroxylation is 1. The summed E-state index contributed by atoms with van der Waals surface area (Å²) in [5.41, 5.74) is 2.33. The molecule has 0 radical (unpaired) electrons. The fourth-order valence-electron chi connectivity index (χ4n) is 3.11. The summed E-state index contributed by atoms with van der Waals surface area (Å²) in [6.07, 6.45) is 0. The fraction of sp³-hybridized carbons (Fsp3) is 0.0435. The molecule has 138 valence electrons. The second-order valence-corrected chi connectivity index (χ2v) is 6.85. The lowest BCUT2D eigenvalue weighted by molar-refractivity contribution is 0.0994. The largest absolute Gasteiger partial charge is 0.416 e. The number of amides is 1. The Morgan fingerprint density at radius 1 is 0.893 bits per heavy atom. The molecule has 4 rings (SSSR count). The molecule has 28 heavy (non-hydrogen) atoms. The number of para-hydroxylation sites is 1. The molecule has 1 aromatic heterocycles. The van der Waals surface area contributed by atoms with Crippen molar-refractivity contribution in [3.63, 3.8) is 0 Å². The number of hydrogen-bond donors (Lipinski definition) is 1. The van der Waals surface area contributed by atoms with Crippen LogP contribution in [-0.4, -0.2) is 5.91 Å². The summed E-state index contributed by atoms with van der Waals surface area (Å²) >= 11 is 6.15. The minimum Gasteiger partial charge on any atom is -0.416 e. The highest BCUT2D eigenvalue weighted by Gasteiger charge is 2.22. The average molecular weight is 390 g/mol. The van der Waals surface area contributed by atoms with Gasteiger partial charge in [-0.2, -0.15) is 0 Å². The summed E-state index contributed by atoms with van der Waals surface area (Å²) in [6, 6.07) is 21.7. The van der Waals surface area contributed by atoms with Crippen molar-refractivity contribution in [2.45, 2.75) is 6.92 Å². The molecule has 0 aliphatic carbocycles. The molecule has 0 aliphatic heterocycles. The lowest BCUT2D eigenvalue weighted by atomic mass is 9.97. The highest BCUT2D eigenvalue weighted by atomic mass is 35.5. The van der Waals surface area contributed by atoms with Crippen LogP contribution in [0.5, 0.6) is 0 Å². The molecule has 0 saturated carbocycles. The van der Waals surface area contributed by atoms with Gasteiger partial charge in [0.25, 0.3) is 5.91 Å². The van der Waals surface area contributed by atoms with Gasteiger partial charge in [-0.3, -0.25) is 4.79 Å². The Balaban J connectivity index is 1.93. The van der Waals surface area contributed by atoms with Crippen LogP contribution in [-0.2, 0) is 0 Å². The Morgan fingerprint density at radius 3 is 2.25 bits per heavy atom. The summed E-state index contributed by atoms with van der Waals surface area (Å²) in [5.74, 6) is -0.584. The second-order valence-electron chi connectivity index (χ2n) is 6.44. The fourth-order valence-corrected chi connectivity index (χ4v) is 3.29. The van der Waals surface area contributed by atoms with Crippen molar-refractivity contribution in [1.82, 2.24) is 0 Å². The molecule has 0 spiro atoms. The molecule has 5 heteroatoms.